The summed E-state index contributed by atoms with van der Waals surface area (Å²) >= 11 is 1.46. The van der Waals surface area contributed by atoms with Crippen molar-refractivity contribution in [1.82, 2.24) is 10.9 Å². The van der Waals surface area contributed by atoms with E-state index in [4.69, 9.17) is 0 Å². The Morgan fingerprint density at radius 3 is 2.79 bits per heavy atom. The maximum atomic E-state index is 11.9. The molecule has 1 aromatic heterocycles. The van der Waals surface area contributed by atoms with Gasteiger partial charge in [0.2, 0.25) is 0 Å². The zero-order valence-electron chi connectivity index (χ0n) is 11.6. The van der Waals surface area contributed by atoms with Gasteiger partial charge >= 0.3 is 0 Å². The molecule has 102 valence electrons. The van der Waals surface area contributed by atoms with Gasteiger partial charge in [0.25, 0.3) is 5.91 Å². The summed E-state index contributed by atoms with van der Waals surface area (Å²) in [6, 6.07) is 3.73. The van der Waals surface area contributed by atoms with Crippen molar-refractivity contribution in [2.75, 3.05) is 0 Å². The summed E-state index contributed by atoms with van der Waals surface area (Å²) in [6.07, 6.45) is 2.25. The summed E-state index contributed by atoms with van der Waals surface area (Å²) in [4.78, 5) is 12.6. The fraction of sp³-hybridized carbons (Fsp3) is 0.533. The van der Waals surface area contributed by atoms with Crippen LogP contribution in [-0.4, -0.2) is 5.91 Å². The molecule has 0 saturated heterocycles. The lowest BCUT2D eigenvalue weighted by molar-refractivity contribution is 0.0940. The molecule has 1 amide bonds. The minimum atomic E-state index is -0.0437. The van der Waals surface area contributed by atoms with E-state index >= 15 is 0 Å². The smallest absolute Gasteiger partial charge is 0.279 e. The van der Waals surface area contributed by atoms with Crippen LogP contribution in [-0.2, 0) is 0 Å². The number of allylic oxidation sites excluding steroid dienone is 2. The van der Waals surface area contributed by atoms with Gasteiger partial charge in [0.05, 0.1) is 4.88 Å². The molecule has 19 heavy (non-hydrogen) atoms. The zero-order valence-corrected chi connectivity index (χ0v) is 12.4. The molecule has 2 N–H and O–H groups in total. The highest BCUT2D eigenvalue weighted by molar-refractivity contribution is 7.12. The Labute approximate surface area is 118 Å². The van der Waals surface area contributed by atoms with Gasteiger partial charge in [-0.05, 0) is 47.1 Å². The molecule has 1 fully saturated rings. The average molecular weight is 276 g/mol. The summed E-state index contributed by atoms with van der Waals surface area (Å²) in [5.74, 6) is 1.28. The molecule has 4 heteroatoms. The molecule has 0 aliphatic heterocycles. The van der Waals surface area contributed by atoms with Gasteiger partial charge in [-0.25, -0.2) is 0 Å². The summed E-state index contributed by atoms with van der Waals surface area (Å²) in [5.41, 5.74) is 9.12. The van der Waals surface area contributed by atoms with Gasteiger partial charge in [0.1, 0.15) is 0 Å². The molecule has 1 aromatic rings. The maximum absolute atomic E-state index is 11.9. The Morgan fingerprint density at radius 1 is 1.42 bits per heavy atom. The first-order chi connectivity index (χ1) is 9.00. The van der Waals surface area contributed by atoms with E-state index in [0.29, 0.717) is 11.3 Å². The number of amides is 1. The van der Waals surface area contributed by atoms with Crippen LogP contribution in [0.2, 0.25) is 0 Å². The molecule has 2 bridgehead atoms. The topological polar surface area (TPSA) is 41.1 Å². The number of thiophene rings is 1. The SMILES string of the molecule is CC1C2=C(NNC(=O)c3cccs3)CC(C2)C1(C)C. The lowest BCUT2D eigenvalue weighted by Gasteiger charge is -2.35. The third-order valence-corrected chi connectivity index (χ3v) is 5.94. The maximum Gasteiger partial charge on any atom is 0.279 e. The Balaban J connectivity index is 1.67. The highest BCUT2D eigenvalue weighted by Gasteiger charge is 2.49. The van der Waals surface area contributed by atoms with Gasteiger partial charge in [-0.3, -0.25) is 10.2 Å². The Morgan fingerprint density at radius 2 is 2.21 bits per heavy atom. The van der Waals surface area contributed by atoms with Crippen LogP contribution in [0, 0.1) is 17.3 Å². The fourth-order valence-corrected chi connectivity index (χ4v) is 3.96. The van der Waals surface area contributed by atoms with Crippen molar-refractivity contribution < 1.29 is 4.79 Å². The van der Waals surface area contributed by atoms with Crippen molar-refractivity contribution in [3.63, 3.8) is 0 Å². The molecule has 3 nitrogen and oxygen atoms in total. The van der Waals surface area contributed by atoms with Crippen molar-refractivity contribution in [2.45, 2.75) is 33.6 Å². The van der Waals surface area contributed by atoms with Crippen molar-refractivity contribution in [3.05, 3.63) is 33.7 Å². The molecule has 0 aromatic carbocycles. The van der Waals surface area contributed by atoms with Crippen molar-refractivity contribution >= 4 is 17.2 Å². The van der Waals surface area contributed by atoms with Crippen LogP contribution in [0.1, 0.15) is 43.3 Å². The molecule has 1 saturated carbocycles. The van der Waals surface area contributed by atoms with Gasteiger partial charge in [0.15, 0.2) is 0 Å². The van der Waals surface area contributed by atoms with Crippen molar-refractivity contribution in [2.24, 2.45) is 17.3 Å². The van der Waals surface area contributed by atoms with Crippen LogP contribution in [0.4, 0.5) is 0 Å². The zero-order chi connectivity index (χ0) is 13.6. The van der Waals surface area contributed by atoms with Gasteiger partial charge in [-0.15, -0.1) is 11.3 Å². The normalized spacial score (nSPS) is 27.7. The van der Waals surface area contributed by atoms with E-state index in [2.05, 4.69) is 31.6 Å². The summed E-state index contributed by atoms with van der Waals surface area (Å²) in [5, 5.41) is 1.92. The number of hydrogen-bond donors (Lipinski definition) is 2. The summed E-state index contributed by atoms with van der Waals surface area (Å²) < 4.78 is 0. The third kappa shape index (κ3) is 1.98. The van der Waals surface area contributed by atoms with Crippen LogP contribution in [0.25, 0.3) is 0 Å². The number of nitrogens with one attached hydrogen (secondary N) is 2. The van der Waals surface area contributed by atoms with Crippen LogP contribution < -0.4 is 10.9 Å². The van der Waals surface area contributed by atoms with E-state index in [1.54, 1.807) is 0 Å². The standard InChI is InChI=1S/C15H20N2OS/c1-9-11-7-10(15(9,2)3)8-12(11)16-17-14(18)13-5-4-6-19-13/h4-6,9-10,16H,7-8H2,1-3H3,(H,17,18). The molecule has 2 atom stereocenters. The van der Waals surface area contributed by atoms with Crippen molar-refractivity contribution in [3.8, 4) is 0 Å². The molecule has 0 spiro atoms. The van der Waals surface area contributed by atoms with Crippen molar-refractivity contribution in [1.29, 1.82) is 0 Å². The summed E-state index contributed by atoms with van der Waals surface area (Å²) in [6.45, 7) is 7.02. The van der Waals surface area contributed by atoms with Crippen LogP contribution >= 0.6 is 11.3 Å². The highest BCUT2D eigenvalue weighted by Crippen LogP contribution is 2.57. The predicted octanol–water partition coefficient (Wildman–Crippen LogP) is 3.32. The number of rotatable bonds is 3. The second kappa shape index (κ2) is 4.37. The van der Waals surface area contributed by atoms with E-state index in [1.165, 1.54) is 29.0 Å². The molecular formula is C15H20N2OS. The number of hydrazine groups is 1. The van der Waals surface area contributed by atoms with E-state index in [0.717, 1.165) is 17.2 Å². The first-order valence-corrected chi connectivity index (χ1v) is 7.70. The predicted molar refractivity (Wildman–Crippen MR) is 77.6 cm³/mol. The number of carbonyl (C=O) groups is 1. The summed E-state index contributed by atoms with van der Waals surface area (Å²) in [7, 11) is 0. The van der Waals surface area contributed by atoms with Gasteiger partial charge in [-0.1, -0.05) is 26.8 Å². The largest absolute Gasteiger partial charge is 0.302 e. The Kier molecular flexibility index (Phi) is 2.93. The van der Waals surface area contributed by atoms with E-state index in [-0.39, 0.29) is 5.91 Å². The highest BCUT2D eigenvalue weighted by atomic mass is 32.1. The van der Waals surface area contributed by atoms with Gasteiger partial charge < -0.3 is 5.43 Å². The quantitative estimate of drug-likeness (QED) is 0.832. The second-order valence-electron chi connectivity index (χ2n) is 6.21. The van der Waals surface area contributed by atoms with E-state index in [1.807, 2.05) is 17.5 Å². The molecular weight excluding hydrogens is 256 g/mol. The lowest BCUT2D eigenvalue weighted by Crippen LogP contribution is -2.39. The third-order valence-electron chi connectivity index (χ3n) is 5.07. The molecule has 2 unspecified atom stereocenters. The van der Waals surface area contributed by atoms with Gasteiger partial charge in [-0.2, -0.15) is 0 Å². The second-order valence-corrected chi connectivity index (χ2v) is 7.16. The molecule has 2 aliphatic carbocycles. The fourth-order valence-electron chi connectivity index (χ4n) is 3.34. The minimum absolute atomic E-state index is 0.0437. The molecule has 0 radical (unpaired) electrons. The van der Waals surface area contributed by atoms with E-state index in [9.17, 15) is 4.79 Å². The lowest BCUT2D eigenvalue weighted by atomic mass is 9.71. The van der Waals surface area contributed by atoms with Crippen LogP contribution in [0.3, 0.4) is 0 Å². The minimum Gasteiger partial charge on any atom is -0.302 e. The number of fused-ring (bicyclic) bond motifs is 2. The Hall–Kier alpha value is -1.29. The first-order valence-electron chi connectivity index (χ1n) is 6.82. The Bertz CT molecular complexity index is 530. The van der Waals surface area contributed by atoms with Crippen LogP contribution in [0.5, 0.6) is 0 Å². The van der Waals surface area contributed by atoms with E-state index < -0.39 is 0 Å². The van der Waals surface area contributed by atoms with Crippen LogP contribution in [0.15, 0.2) is 28.8 Å². The first kappa shape index (κ1) is 12.7. The number of carbonyl (C=O) groups excluding carboxylic acids is 1. The van der Waals surface area contributed by atoms with Gasteiger partial charge in [0, 0.05) is 5.70 Å². The molecule has 2 aliphatic rings. The average Bonchev–Trinajstić information content (AvgIpc) is 3.06. The molecule has 3 rings (SSSR count). The number of hydrogen-bond acceptors (Lipinski definition) is 3. The molecule has 1 heterocycles. The monoisotopic (exact) mass is 276 g/mol.